The van der Waals surface area contributed by atoms with Crippen molar-refractivity contribution in [2.75, 3.05) is 5.32 Å². The van der Waals surface area contributed by atoms with Crippen molar-refractivity contribution in [3.63, 3.8) is 0 Å². The van der Waals surface area contributed by atoms with Gasteiger partial charge in [-0.15, -0.1) is 0 Å². The number of alkyl halides is 3. The zero-order chi connectivity index (χ0) is 9.19. The quantitative estimate of drug-likeness (QED) is 0.697. The summed E-state index contributed by atoms with van der Waals surface area (Å²) in [5.74, 6) is -1.24. The number of oxazole rings is 1. The molecule has 0 aliphatic carbocycles. The van der Waals surface area contributed by atoms with Crippen molar-refractivity contribution in [3.8, 4) is 0 Å². The number of halogens is 3. The lowest BCUT2D eigenvalue weighted by atomic mass is 10.5. The van der Waals surface area contributed by atoms with Crippen LogP contribution in [0.2, 0.25) is 0 Å². The predicted molar refractivity (Wildman–Crippen MR) is 31.2 cm³/mol. The van der Waals surface area contributed by atoms with Crippen molar-refractivity contribution in [3.05, 3.63) is 12.0 Å². The van der Waals surface area contributed by atoms with Crippen LogP contribution in [0.5, 0.6) is 0 Å². The molecule has 1 aromatic rings. The van der Waals surface area contributed by atoms with Crippen molar-refractivity contribution in [2.45, 2.75) is 6.18 Å². The van der Waals surface area contributed by atoms with E-state index in [9.17, 15) is 18.0 Å². The van der Waals surface area contributed by atoms with Gasteiger partial charge in [-0.05, 0) is 0 Å². The third kappa shape index (κ3) is 1.74. The van der Waals surface area contributed by atoms with Gasteiger partial charge in [-0.1, -0.05) is 0 Å². The van der Waals surface area contributed by atoms with Crippen molar-refractivity contribution >= 4 is 12.4 Å². The minimum absolute atomic E-state index is 0.173. The lowest BCUT2D eigenvalue weighted by Gasteiger charge is -1.98. The van der Waals surface area contributed by atoms with Gasteiger partial charge in [-0.2, -0.15) is 13.2 Å². The Balaban J connectivity index is 2.84. The highest BCUT2D eigenvalue weighted by molar-refractivity contribution is 5.65. The number of carbonyl (C=O) groups is 1. The number of amides is 1. The summed E-state index contributed by atoms with van der Waals surface area (Å²) >= 11 is 0. The number of hydrogen-bond donors (Lipinski definition) is 1. The van der Waals surface area contributed by atoms with Gasteiger partial charge in [0.15, 0.2) is 0 Å². The highest BCUT2D eigenvalue weighted by Crippen LogP contribution is 2.30. The first kappa shape index (κ1) is 8.57. The molecule has 0 saturated heterocycles. The average molecular weight is 180 g/mol. The molecule has 0 unspecified atom stereocenters. The van der Waals surface area contributed by atoms with Crippen LogP contribution in [0.1, 0.15) is 5.76 Å². The minimum Gasteiger partial charge on any atom is -0.419 e. The molecule has 66 valence electrons. The maximum Gasteiger partial charge on any atom is 0.451 e. The largest absolute Gasteiger partial charge is 0.451 e. The molecule has 1 rings (SSSR count). The summed E-state index contributed by atoms with van der Waals surface area (Å²) in [4.78, 5) is 12.9. The van der Waals surface area contributed by atoms with Crippen molar-refractivity contribution in [2.24, 2.45) is 0 Å². The first-order valence-electron chi connectivity index (χ1n) is 2.77. The molecule has 1 aromatic heterocycles. The third-order valence-electron chi connectivity index (χ3n) is 0.967. The maximum absolute atomic E-state index is 11.8. The molecule has 4 nitrogen and oxygen atoms in total. The van der Waals surface area contributed by atoms with E-state index in [1.807, 2.05) is 5.32 Å². The number of hydrogen-bond acceptors (Lipinski definition) is 3. The first-order valence-corrected chi connectivity index (χ1v) is 2.77. The highest BCUT2D eigenvalue weighted by atomic mass is 19.4. The molecule has 0 spiro atoms. The van der Waals surface area contributed by atoms with Gasteiger partial charge in [0.05, 0.1) is 6.20 Å². The van der Waals surface area contributed by atoms with E-state index in [0.29, 0.717) is 6.20 Å². The fourth-order valence-corrected chi connectivity index (χ4v) is 0.522. The summed E-state index contributed by atoms with van der Waals surface area (Å²) in [6.45, 7) is 0. The number of carbonyl (C=O) groups excluding carboxylic acids is 1. The van der Waals surface area contributed by atoms with Gasteiger partial charge in [0.1, 0.15) is 0 Å². The second-order valence-electron chi connectivity index (χ2n) is 1.79. The van der Waals surface area contributed by atoms with Crippen LogP contribution in [0.15, 0.2) is 10.6 Å². The first-order chi connectivity index (χ1) is 5.54. The summed E-state index contributed by atoms with van der Waals surface area (Å²) in [7, 11) is 0. The Labute approximate surface area is 64.4 Å². The zero-order valence-electron chi connectivity index (χ0n) is 5.55. The predicted octanol–water partition coefficient (Wildman–Crippen LogP) is 1.26. The van der Waals surface area contributed by atoms with Crippen LogP contribution in [0, 0.1) is 0 Å². The smallest absolute Gasteiger partial charge is 0.419 e. The Hall–Kier alpha value is -1.53. The molecular formula is C5H3F3N2O2. The summed E-state index contributed by atoms with van der Waals surface area (Å²) in [6, 6.07) is -0.475. The fourth-order valence-electron chi connectivity index (χ4n) is 0.522. The van der Waals surface area contributed by atoms with E-state index in [-0.39, 0.29) is 6.41 Å². The minimum atomic E-state index is -4.57. The number of nitrogens with one attached hydrogen (secondary N) is 1. The van der Waals surface area contributed by atoms with Gasteiger partial charge in [0.25, 0.3) is 0 Å². The van der Waals surface area contributed by atoms with Crippen molar-refractivity contribution in [1.29, 1.82) is 0 Å². The Morgan fingerprint density at radius 3 is 2.67 bits per heavy atom. The topological polar surface area (TPSA) is 55.1 Å². The summed E-state index contributed by atoms with van der Waals surface area (Å²) in [5.41, 5.74) is 0. The Bertz CT molecular complexity index is 280. The van der Waals surface area contributed by atoms with E-state index in [1.165, 1.54) is 0 Å². The molecule has 0 bridgehead atoms. The SMILES string of the molecule is O=CNc1ncc(C(F)(F)F)o1. The molecule has 7 heteroatoms. The fraction of sp³-hybridized carbons (Fsp3) is 0.200. The molecule has 1 heterocycles. The molecule has 12 heavy (non-hydrogen) atoms. The van der Waals surface area contributed by atoms with Gasteiger partial charge < -0.3 is 4.42 Å². The van der Waals surface area contributed by atoms with Crippen LogP contribution in [-0.2, 0) is 11.0 Å². The number of aromatic nitrogens is 1. The van der Waals surface area contributed by atoms with E-state index in [2.05, 4.69) is 9.40 Å². The van der Waals surface area contributed by atoms with Gasteiger partial charge >= 0.3 is 12.2 Å². The molecule has 0 radical (unpaired) electrons. The van der Waals surface area contributed by atoms with Crippen LogP contribution in [-0.4, -0.2) is 11.4 Å². The highest BCUT2D eigenvalue weighted by Gasteiger charge is 2.35. The van der Waals surface area contributed by atoms with Crippen molar-refractivity contribution in [1.82, 2.24) is 4.98 Å². The van der Waals surface area contributed by atoms with Gasteiger partial charge in [0.2, 0.25) is 12.2 Å². The summed E-state index contributed by atoms with van der Waals surface area (Å²) < 4.78 is 39.5. The maximum atomic E-state index is 11.8. The molecule has 0 atom stereocenters. The molecule has 0 fully saturated rings. The number of rotatable bonds is 2. The van der Waals surface area contributed by atoms with E-state index in [1.54, 1.807) is 0 Å². The number of anilines is 1. The Morgan fingerprint density at radius 2 is 2.25 bits per heavy atom. The molecule has 0 aromatic carbocycles. The van der Waals surface area contributed by atoms with Gasteiger partial charge in [-0.3, -0.25) is 10.1 Å². The van der Waals surface area contributed by atoms with Gasteiger partial charge in [-0.25, -0.2) is 4.98 Å². The van der Waals surface area contributed by atoms with Gasteiger partial charge in [0, 0.05) is 0 Å². The summed E-state index contributed by atoms with van der Waals surface area (Å²) in [5, 5.41) is 1.84. The standard InChI is InChI=1S/C5H3F3N2O2/c6-5(7,8)3-1-9-4(12-3)10-2-11/h1-2H,(H,9,10,11). The zero-order valence-corrected chi connectivity index (χ0v) is 5.55. The lowest BCUT2D eigenvalue weighted by Crippen LogP contribution is -2.02. The van der Waals surface area contributed by atoms with Crippen molar-refractivity contribution < 1.29 is 22.4 Å². The molecule has 1 N–H and O–H groups in total. The van der Waals surface area contributed by atoms with E-state index < -0.39 is 18.0 Å². The molecule has 1 amide bonds. The van der Waals surface area contributed by atoms with Crippen LogP contribution in [0.3, 0.4) is 0 Å². The van der Waals surface area contributed by atoms with E-state index in [4.69, 9.17) is 0 Å². The van der Waals surface area contributed by atoms with Crippen LogP contribution < -0.4 is 5.32 Å². The third-order valence-corrected chi connectivity index (χ3v) is 0.967. The second kappa shape index (κ2) is 2.84. The monoisotopic (exact) mass is 180 g/mol. The Kier molecular flexibility index (Phi) is 2.03. The second-order valence-corrected chi connectivity index (χ2v) is 1.79. The average Bonchev–Trinajstić information content (AvgIpc) is 2.35. The molecular weight excluding hydrogens is 177 g/mol. The molecule has 0 aliphatic rings. The number of nitrogens with zero attached hydrogens (tertiary/aromatic N) is 1. The lowest BCUT2D eigenvalue weighted by molar-refractivity contribution is -0.152. The molecule has 0 saturated carbocycles. The van der Waals surface area contributed by atoms with Crippen LogP contribution in [0.4, 0.5) is 19.2 Å². The van der Waals surface area contributed by atoms with Crippen LogP contribution in [0.25, 0.3) is 0 Å². The van der Waals surface area contributed by atoms with Crippen LogP contribution >= 0.6 is 0 Å². The Morgan fingerprint density at radius 1 is 1.58 bits per heavy atom. The molecule has 0 aliphatic heterocycles. The normalized spacial score (nSPS) is 11.2. The van der Waals surface area contributed by atoms with E-state index >= 15 is 0 Å². The summed E-state index contributed by atoms with van der Waals surface area (Å²) in [6.07, 6.45) is -3.91. The van der Waals surface area contributed by atoms with E-state index in [0.717, 1.165) is 0 Å².